The third-order valence-corrected chi connectivity index (χ3v) is 4.34. The number of aromatic nitrogens is 2. The molecule has 7 heteroatoms. The summed E-state index contributed by atoms with van der Waals surface area (Å²) in [7, 11) is 0. The molecule has 4 rings (SSSR count). The highest BCUT2D eigenvalue weighted by atomic mass is 16.5. The van der Waals surface area contributed by atoms with Gasteiger partial charge >= 0.3 is 5.97 Å². The van der Waals surface area contributed by atoms with Gasteiger partial charge in [-0.15, -0.1) is 0 Å². The molecule has 2 aromatic heterocycles. The molecule has 0 aliphatic rings. The van der Waals surface area contributed by atoms with E-state index in [4.69, 9.17) is 9.15 Å². The molecule has 1 N–H and O–H groups in total. The van der Waals surface area contributed by atoms with Gasteiger partial charge in [-0.2, -0.15) is 0 Å². The lowest BCUT2D eigenvalue weighted by Gasteiger charge is -2.15. The molecular formula is C21H17N3O4. The average molecular weight is 375 g/mol. The number of anilines is 1. The van der Waals surface area contributed by atoms with Crippen LogP contribution < -0.4 is 5.32 Å². The summed E-state index contributed by atoms with van der Waals surface area (Å²) in [5, 5.41) is 3.64. The number of amides is 1. The number of carbonyl (C=O) groups excluding carboxylic acids is 2. The van der Waals surface area contributed by atoms with E-state index < -0.39 is 18.0 Å². The number of fused-ring (bicyclic) bond motifs is 2. The smallest absolute Gasteiger partial charge is 0.341 e. The normalized spacial score (nSPS) is 12.1. The number of nitrogens with one attached hydrogen (secondary N) is 1. The fourth-order valence-corrected chi connectivity index (χ4v) is 2.97. The molecule has 0 saturated carbocycles. The molecule has 140 valence electrons. The Balaban J connectivity index is 1.53. The van der Waals surface area contributed by atoms with Crippen LogP contribution in [0, 0.1) is 6.92 Å². The van der Waals surface area contributed by atoms with Gasteiger partial charge in [-0.25, -0.2) is 9.78 Å². The van der Waals surface area contributed by atoms with Gasteiger partial charge in [0.1, 0.15) is 5.52 Å². The van der Waals surface area contributed by atoms with Gasteiger partial charge in [0.2, 0.25) is 0 Å². The number of oxazole rings is 1. The lowest BCUT2D eigenvalue weighted by molar-refractivity contribution is -0.123. The largest absolute Gasteiger partial charge is 0.449 e. The molecule has 2 heterocycles. The second-order valence-corrected chi connectivity index (χ2v) is 6.37. The zero-order chi connectivity index (χ0) is 19.7. The quantitative estimate of drug-likeness (QED) is 0.544. The van der Waals surface area contributed by atoms with Crippen LogP contribution in [0.25, 0.3) is 22.0 Å². The molecule has 1 unspecified atom stereocenters. The maximum atomic E-state index is 12.6. The van der Waals surface area contributed by atoms with Crippen molar-refractivity contribution < 1.29 is 18.7 Å². The number of para-hydroxylation sites is 2. The Labute approximate surface area is 160 Å². The maximum absolute atomic E-state index is 12.6. The Morgan fingerprint density at radius 1 is 1.14 bits per heavy atom. The molecule has 4 aromatic rings. The minimum absolute atomic E-state index is 0.246. The summed E-state index contributed by atoms with van der Waals surface area (Å²) in [6, 6.07) is 14.2. The van der Waals surface area contributed by atoms with E-state index in [-0.39, 0.29) is 5.56 Å². The summed E-state index contributed by atoms with van der Waals surface area (Å²) in [5.74, 6) is -1.07. The second-order valence-electron chi connectivity index (χ2n) is 6.37. The Morgan fingerprint density at radius 2 is 1.96 bits per heavy atom. The second kappa shape index (κ2) is 7.11. The van der Waals surface area contributed by atoms with E-state index in [9.17, 15) is 9.59 Å². The fourth-order valence-electron chi connectivity index (χ4n) is 2.97. The number of carbonyl (C=O) groups is 2. The van der Waals surface area contributed by atoms with Gasteiger partial charge in [-0.3, -0.25) is 9.78 Å². The zero-order valence-corrected chi connectivity index (χ0v) is 15.3. The van der Waals surface area contributed by atoms with Crippen molar-refractivity contribution in [3.63, 3.8) is 0 Å². The van der Waals surface area contributed by atoms with Gasteiger partial charge in [0, 0.05) is 11.1 Å². The molecule has 0 bridgehead atoms. The van der Waals surface area contributed by atoms with E-state index >= 15 is 0 Å². The van der Waals surface area contributed by atoms with Gasteiger partial charge in [0.25, 0.3) is 5.91 Å². The summed E-state index contributed by atoms with van der Waals surface area (Å²) in [6.45, 7) is 3.37. The third kappa shape index (κ3) is 3.29. The van der Waals surface area contributed by atoms with Crippen LogP contribution in [-0.2, 0) is 9.53 Å². The van der Waals surface area contributed by atoms with Crippen molar-refractivity contribution in [1.82, 2.24) is 9.97 Å². The molecule has 1 atom stereocenters. The van der Waals surface area contributed by atoms with Gasteiger partial charge in [0.15, 0.2) is 18.1 Å². The summed E-state index contributed by atoms with van der Waals surface area (Å²) in [6.07, 6.45) is 0.260. The first-order valence-electron chi connectivity index (χ1n) is 8.73. The highest BCUT2D eigenvalue weighted by Gasteiger charge is 2.22. The molecule has 0 saturated heterocycles. The lowest BCUT2D eigenvalue weighted by Crippen LogP contribution is -2.30. The predicted octanol–water partition coefficient (Wildman–Crippen LogP) is 3.87. The van der Waals surface area contributed by atoms with Gasteiger partial charge in [0.05, 0.1) is 16.8 Å². The monoisotopic (exact) mass is 375 g/mol. The molecular weight excluding hydrogens is 358 g/mol. The highest BCUT2D eigenvalue weighted by molar-refractivity contribution is 6.05. The SMILES string of the molecule is Cc1cc(NC(=O)C(C)OC(=O)c2cccc3ocnc23)c2ccccc2n1. The number of ether oxygens (including phenoxy) is 1. The molecule has 0 radical (unpaired) electrons. The van der Waals surface area contributed by atoms with Crippen LogP contribution in [0.4, 0.5) is 5.69 Å². The lowest BCUT2D eigenvalue weighted by atomic mass is 10.1. The molecule has 7 nitrogen and oxygen atoms in total. The van der Waals surface area contributed by atoms with Crippen molar-refractivity contribution in [2.24, 2.45) is 0 Å². The molecule has 0 aliphatic carbocycles. The number of aryl methyl sites for hydroxylation is 1. The Kier molecular flexibility index (Phi) is 4.49. The summed E-state index contributed by atoms with van der Waals surface area (Å²) in [5.41, 5.74) is 3.29. The molecule has 0 fully saturated rings. The molecule has 0 spiro atoms. The Hall–Kier alpha value is -3.74. The number of esters is 1. The molecule has 1 amide bonds. The topological polar surface area (TPSA) is 94.3 Å². The number of nitrogens with zero attached hydrogens (tertiary/aromatic N) is 2. The fraction of sp³-hybridized carbons (Fsp3) is 0.143. The summed E-state index contributed by atoms with van der Waals surface area (Å²) >= 11 is 0. The Morgan fingerprint density at radius 3 is 2.82 bits per heavy atom. The van der Waals surface area contributed by atoms with Crippen LogP contribution in [0.3, 0.4) is 0 Å². The van der Waals surface area contributed by atoms with Crippen molar-refractivity contribution in [2.45, 2.75) is 20.0 Å². The third-order valence-electron chi connectivity index (χ3n) is 4.34. The van der Waals surface area contributed by atoms with Crippen LogP contribution in [0.15, 0.2) is 59.3 Å². The summed E-state index contributed by atoms with van der Waals surface area (Å²) in [4.78, 5) is 33.6. The number of hydrogen-bond donors (Lipinski definition) is 1. The minimum atomic E-state index is -0.998. The predicted molar refractivity (Wildman–Crippen MR) is 104 cm³/mol. The van der Waals surface area contributed by atoms with Crippen LogP contribution in [0.5, 0.6) is 0 Å². The van der Waals surface area contributed by atoms with E-state index in [0.29, 0.717) is 16.8 Å². The number of benzene rings is 2. The Bertz CT molecular complexity index is 1200. The minimum Gasteiger partial charge on any atom is -0.449 e. The first-order valence-corrected chi connectivity index (χ1v) is 8.73. The highest BCUT2D eigenvalue weighted by Crippen LogP contribution is 2.23. The van der Waals surface area contributed by atoms with Gasteiger partial charge in [-0.05, 0) is 38.1 Å². The summed E-state index contributed by atoms with van der Waals surface area (Å²) < 4.78 is 10.5. The standard InChI is InChI=1S/C21H17N3O4/c1-12-10-17(14-6-3-4-8-16(14)23-12)24-20(25)13(2)28-21(26)15-7-5-9-18-19(15)22-11-27-18/h3-11,13H,1-2H3,(H,23,24,25). The van der Waals surface area contributed by atoms with Gasteiger partial charge in [-0.1, -0.05) is 24.3 Å². The van der Waals surface area contributed by atoms with Crippen molar-refractivity contribution in [1.29, 1.82) is 0 Å². The van der Waals surface area contributed by atoms with E-state index in [0.717, 1.165) is 16.6 Å². The molecule has 0 aliphatic heterocycles. The average Bonchev–Trinajstić information content (AvgIpc) is 3.16. The van der Waals surface area contributed by atoms with Crippen molar-refractivity contribution in [3.8, 4) is 0 Å². The molecule has 28 heavy (non-hydrogen) atoms. The van der Waals surface area contributed by atoms with E-state index in [1.54, 1.807) is 24.3 Å². The zero-order valence-electron chi connectivity index (χ0n) is 15.3. The van der Waals surface area contributed by atoms with Crippen LogP contribution in [0.2, 0.25) is 0 Å². The van der Waals surface area contributed by atoms with Crippen LogP contribution >= 0.6 is 0 Å². The maximum Gasteiger partial charge on any atom is 0.341 e. The van der Waals surface area contributed by atoms with E-state index in [1.807, 2.05) is 31.2 Å². The number of pyridine rings is 1. The van der Waals surface area contributed by atoms with Crippen molar-refractivity contribution in [2.75, 3.05) is 5.32 Å². The first-order chi connectivity index (χ1) is 13.5. The number of rotatable bonds is 4. The van der Waals surface area contributed by atoms with Crippen molar-refractivity contribution >= 4 is 39.6 Å². The van der Waals surface area contributed by atoms with Gasteiger partial charge < -0.3 is 14.5 Å². The molecule has 2 aromatic carbocycles. The van der Waals surface area contributed by atoms with E-state index in [2.05, 4.69) is 15.3 Å². The van der Waals surface area contributed by atoms with E-state index in [1.165, 1.54) is 13.3 Å². The van der Waals surface area contributed by atoms with Crippen LogP contribution in [0.1, 0.15) is 23.0 Å². The number of hydrogen-bond acceptors (Lipinski definition) is 6. The first kappa shape index (κ1) is 17.7. The van der Waals surface area contributed by atoms with Crippen molar-refractivity contribution in [3.05, 3.63) is 66.2 Å². The van der Waals surface area contributed by atoms with Crippen LogP contribution in [-0.4, -0.2) is 27.9 Å².